The number of anilines is 1. The minimum Gasteiger partial charge on any atom is -0.384 e. The summed E-state index contributed by atoms with van der Waals surface area (Å²) in [5.41, 5.74) is 3.07. The number of rotatable bonds is 6. The van der Waals surface area contributed by atoms with E-state index >= 15 is 0 Å². The Labute approximate surface area is 127 Å². The van der Waals surface area contributed by atoms with Crippen molar-refractivity contribution >= 4 is 11.6 Å². The van der Waals surface area contributed by atoms with Crippen LogP contribution in [0.2, 0.25) is 0 Å². The summed E-state index contributed by atoms with van der Waals surface area (Å²) in [4.78, 5) is 14.6. The average Bonchev–Trinajstić information content (AvgIpc) is 2.50. The summed E-state index contributed by atoms with van der Waals surface area (Å²) in [7, 11) is 2.12. The van der Waals surface area contributed by atoms with Crippen molar-refractivity contribution in [2.24, 2.45) is 0 Å². The number of nitrogens with one attached hydrogen (secondary N) is 2. The van der Waals surface area contributed by atoms with Gasteiger partial charge in [-0.1, -0.05) is 12.1 Å². The van der Waals surface area contributed by atoms with E-state index in [1.54, 1.807) is 0 Å². The van der Waals surface area contributed by atoms with Gasteiger partial charge in [0.05, 0.1) is 11.3 Å². The third kappa shape index (κ3) is 4.21. The van der Waals surface area contributed by atoms with Crippen LogP contribution in [0.15, 0.2) is 18.2 Å². The first kappa shape index (κ1) is 15.8. The van der Waals surface area contributed by atoms with Crippen LogP contribution in [0.4, 0.5) is 5.69 Å². The second kappa shape index (κ2) is 7.46. The Morgan fingerprint density at radius 2 is 2.24 bits per heavy atom. The molecule has 4 nitrogen and oxygen atoms in total. The third-order valence-electron chi connectivity index (χ3n) is 4.17. The smallest absolute Gasteiger partial charge is 0.253 e. The third-order valence-corrected chi connectivity index (χ3v) is 4.17. The van der Waals surface area contributed by atoms with E-state index < -0.39 is 0 Å². The van der Waals surface area contributed by atoms with Crippen molar-refractivity contribution in [3.8, 4) is 0 Å². The molecular weight excluding hydrogens is 262 g/mol. The molecule has 0 saturated carbocycles. The van der Waals surface area contributed by atoms with E-state index in [2.05, 4.69) is 42.5 Å². The maximum absolute atomic E-state index is 12.3. The first-order valence-electron chi connectivity index (χ1n) is 7.94. The van der Waals surface area contributed by atoms with Crippen molar-refractivity contribution < 1.29 is 4.79 Å². The van der Waals surface area contributed by atoms with Crippen molar-refractivity contribution in [3.63, 3.8) is 0 Å². The molecule has 0 bridgehead atoms. The highest BCUT2D eigenvalue weighted by molar-refractivity contribution is 6.00. The molecule has 4 heteroatoms. The Hall–Kier alpha value is -1.55. The Kier molecular flexibility index (Phi) is 5.62. The Morgan fingerprint density at radius 3 is 3.00 bits per heavy atom. The molecule has 2 N–H and O–H groups in total. The van der Waals surface area contributed by atoms with Gasteiger partial charge in [0.25, 0.3) is 5.91 Å². The van der Waals surface area contributed by atoms with E-state index in [9.17, 15) is 4.79 Å². The zero-order valence-corrected chi connectivity index (χ0v) is 13.4. The molecule has 116 valence electrons. The number of aryl methyl sites for hydroxylation is 1. The molecule has 0 radical (unpaired) electrons. The number of amides is 1. The van der Waals surface area contributed by atoms with E-state index in [0.717, 1.165) is 50.1 Å². The Bertz CT molecular complexity index is 485. The second-order valence-corrected chi connectivity index (χ2v) is 6.05. The predicted octanol–water partition coefficient (Wildman–Crippen LogP) is 2.50. The van der Waals surface area contributed by atoms with Gasteiger partial charge in [-0.05, 0) is 58.3 Å². The Balaban J connectivity index is 1.87. The van der Waals surface area contributed by atoms with Crippen molar-refractivity contribution in [2.45, 2.75) is 39.2 Å². The van der Waals surface area contributed by atoms with E-state index in [4.69, 9.17) is 0 Å². The number of para-hydroxylation sites is 1. The summed E-state index contributed by atoms with van der Waals surface area (Å²) in [5.74, 6) is 0.0356. The van der Waals surface area contributed by atoms with Gasteiger partial charge < -0.3 is 15.5 Å². The highest BCUT2D eigenvalue weighted by atomic mass is 16.1. The van der Waals surface area contributed by atoms with Gasteiger partial charge >= 0.3 is 0 Å². The molecular formula is C17H27N3O. The van der Waals surface area contributed by atoms with Gasteiger partial charge in [-0.3, -0.25) is 4.79 Å². The average molecular weight is 289 g/mol. The molecule has 0 aliphatic carbocycles. The number of carbonyl (C=O) groups excluding carboxylic acids is 1. The molecule has 21 heavy (non-hydrogen) atoms. The van der Waals surface area contributed by atoms with Gasteiger partial charge in [0.15, 0.2) is 0 Å². The number of nitrogens with zero attached hydrogens (tertiary/aromatic N) is 1. The molecule has 1 aromatic carbocycles. The lowest BCUT2D eigenvalue weighted by Crippen LogP contribution is -2.32. The number of hydrogen-bond donors (Lipinski definition) is 2. The molecule has 2 rings (SSSR count). The maximum atomic E-state index is 12.3. The first-order chi connectivity index (χ1) is 10.1. The molecule has 0 atom stereocenters. The summed E-state index contributed by atoms with van der Waals surface area (Å²) in [5, 5.41) is 6.40. The monoisotopic (exact) mass is 289 g/mol. The van der Waals surface area contributed by atoms with Gasteiger partial charge in [0.1, 0.15) is 0 Å². The van der Waals surface area contributed by atoms with Crippen LogP contribution < -0.4 is 10.6 Å². The lowest BCUT2D eigenvalue weighted by Gasteiger charge is -2.22. The second-order valence-electron chi connectivity index (χ2n) is 6.05. The minimum absolute atomic E-state index is 0.0356. The van der Waals surface area contributed by atoms with Crippen LogP contribution in [0.5, 0.6) is 0 Å². The van der Waals surface area contributed by atoms with Gasteiger partial charge in [-0.25, -0.2) is 0 Å². The fourth-order valence-corrected chi connectivity index (χ4v) is 2.58. The molecule has 0 fully saturated rings. The SMILES string of the molecule is CC(C)N(C)CCCNC(=O)c1cccc2c1NCCC2. The van der Waals surface area contributed by atoms with Gasteiger partial charge in [-0.15, -0.1) is 0 Å². The molecule has 0 saturated heterocycles. The topological polar surface area (TPSA) is 44.4 Å². The summed E-state index contributed by atoms with van der Waals surface area (Å²) in [6.45, 7) is 7.04. The zero-order valence-electron chi connectivity index (χ0n) is 13.4. The lowest BCUT2D eigenvalue weighted by molar-refractivity contribution is 0.0952. The molecule has 1 amide bonds. The number of fused-ring (bicyclic) bond motifs is 1. The van der Waals surface area contributed by atoms with Crippen LogP contribution in [0.25, 0.3) is 0 Å². The van der Waals surface area contributed by atoms with E-state index in [1.165, 1.54) is 5.56 Å². The number of hydrogen-bond acceptors (Lipinski definition) is 3. The number of benzene rings is 1. The summed E-state index contributed by atoms with van der Waals surface area (Å²) < 4.78 is 0. The Morgan fingerprint density at radius 1 is 1.43 bits per heavy atom. The van der Waals surface area contributed by atoms with Crippen LogP contribution in [0.1, 0.15) is 42.6 Å². The highest BCUT2D eigenvalue weighted by Gasteiger charge is 2.16. The first-order valence-corrected chi connectivity index (χ1v) is 7.94. The summed E-state index contributed by atoms with van der Waals surface area (Å²) >= 11 is 0. The molecule has 0 unspecified atom stereocenters. The van der Waals surface area contributed by atoms with Crippen LogP contribution in [-0.4, -0.2) is 43.5 Å². The van der Waals surface area contributed by atoms with Crippen LogP contribution >= 0.6 is 0 Å². The maximum Gasteiger partial charge on any atom is 0.253 e. The molecule has 0 spiro atoms. The normalized spacial score (nSPS) is 14.0. The van der Waals surface area contributed by atoms with Gasteiger partial charge in [-0.2, -0.15) is 0 Å². The lowest BCUT2D eigenvalue weighted by atomic mass is 9.99. The fourth-order valence-electron chi connectivity index (χ4n) is 2.58. The van der Waals surface area contributed by atoms with Crippen molar-refractivity contribution in [1.82, 2.24) is 10.2 Å². The van der Waals surface area contributed by atoms with Gasteiger partial charge in [0.2, 0.25) is 0 Å². The van der Waals surface area contributed by atoms with Crippen molar-refractivity contribution in [3.05, 3.63) is 29.3 Å². The summed E-state index contributed by atoms with van der Waals surface area (Å²) in [6, 6.07) is 6.54. The van der Waals surface area contributed by atoms with Crippen LogP contribution in [0.3, 0.4) is 0 Å². The predicted molar refractivity (Wildman–Crippen MR) is 88.0 cm³/mol. The quantitative estimate of drug-likeness (QED) is 0.791. The molecule has 1 heterocycles. The minimum atomic E-state index is 0.0356. The highest BCUT2D eigenvalue weighted by Crippen LogP contribution is 2.25. The van der Waals surface area contributed by atoms with Crippen molar-refractivity contribution in [1.29, 1.82) is 0 Å². The molecule has 1 aromatic rings. The number of carbonyl (C=O) groups is 1. The molecule has 1 aliphatic rings. The molecule has 0 aromatic heterocycles. The van der Waals surface area contributed by atoms with E-state index in [0.29, 0.717) is 6.04 Å². The van der Waals surface area contributed by atoms with E-state index in [1.807, 2.05) is 12.1 Å². The van der Waals surface area contributed by atoms with Gasteiger partial charge in [0, 0.05) is 19.1 Å². The van der Waals surface area contributed by atoms with E-state index in [-0.39, 0.29) is 5.91 Å². The van der Waals surface area contributed by atoms with Crippen LogP contribution in [0, 0.1) is 0 Å². The molecule has 1 aliphatic heterocycles. The summed E-state index contributed by atoms with van der Waals surface area (Å²) in [6.07, 6.45) is 3.17. The fraction of sp³-hybridized carbons (Fsp3) is 0.588. The zero-order chi connectivity index (χ0) is 15.2. The van der Waals surface area contributed by atoms with Crippen molar-refractivity contribution in [2.75, 3.05) is 32.0 Å². The largest absolute Gasteiger partial charge is 0.384 e. The standard InChI is InChI=1S/C17H27N3O/c1-13(2)20(3)12-6-11-19-17(21)15-9-4-7-14-8-5-10-18-16(14)15/h4,7,9,13,18H,5-6,8,10-12H2,1-3H3,(H,19,21). The van der Waals surface area contributed by atoms with Crippen LogP contribution in [-0.2, 0) is 6.42 Å².